The molecule has 1 aromatic carbocycles. The summed E-state index contributed by atoms with van der Waals surface area (Å²) in [6.07, 6.45) is 0.890. The Labute approximate surface area is 154 Å². The quantitative estimate of drug-likeness (QED) is 0.614. The summed E-state index contributed by atoms with van der Waals surface area (Å²) in [7, 11) is 0. The molecule has 1 aliphatic heterocycles. The van der Waals surface area contributed by atoms with E-state index in [0.717, 1.165) is 38.2 Å². The predicted octanol–water partition coefficient (Wildman–Crippen LogP) is 4.08. The molecule has 0 saturated carbocycles. The largest absolute Gasteiger partial charge is 0.314 e. The highest BCUT2D eigenvalue weighted by atomic mass is 35.5. The molecule has 0 unspecified atom stereocenters. The van der Waals surface area contributed by atoms with E-state index in [1.54, 1.807) is 12.1 Å². The number of nitrogens with zero attached hydrogens (tertiary/aromatic N) is 2. The van der Waals surface area contributed by atoms with Gasteiger partial charge in [-0.1, -0.05) is 25.4 Å². The first-order valence-electron chi connectivity index (χ1n) is 7.37. The van der Waals surface area contributed by atoms with E-state index in [2.05, 4.69) is 24.1 Å². The van der Waals surface area contributed by atoms with Crippen LogP contribution in [-0.2, 0) is 0 Å². The number of piperazine rings is 1. The van der Waals surface area contributed by atoms with E-state index < -0.39 is 0 Å². The van der Waals surface area contributed by atoms with Crippen molar-refractivity contribution in [2.24, 2.45) is 5.92 Å². The molecule has 2 rings (SSSR count). The van der Waals surface area contributed by atoms with Crippen molar-refractivity contribution >= 4 is 42.1 Å². The van der Waals surface area contributed by atoms with Crippen LogP contribution in [0.1, 0.15) is 31.9 Å². The Morgan fingerprint density at radius 2 is 1.91 bits per heavy atom. The fourth-order valence-corrected chi connectivity index (χ4v) is 3.05. The van der Waals surface area contributed by atoms with Gasteiger partial charge in [-0.05, 0) is 24.5 Å². The molecule has 8 heteroatoms. The van der Waals surface area contributed by atoms with Gasteiger partial charge in [0.05, 0.1) is 4.92 Å². The van der Waals surface area contributed by atoms with Crippen LogP contribution in [0.3, 0.4) is 0 Å². The molecule has 1 aromatic rings. The van der Waals surface area contributed by atoms with Crippen molar-refractivity contribution in [2.45, 2.75) is 26.3 Å². The maximum Gasteiger partial charge on any atom is 0.274 e. The Balaban J connectivity index is 0.00000242. The van der Waals surface area contributed by atoms with E-state index >= 15 is 0 Å². The number of nitrogens with one attached hydrogen (secondary N) is 1. The van der Waals surface area contributed by atoms with E-state index in [1.165, 1.54) is 6.07 Å². The molecule has 0 radical (unpaired) electrons. The highest BCUT2D eigenvalue weighted by Gasteiger charge is 2.29. The molecule has 1 atom stereocenters. The lowest BCUT2D eigenvalue weighted by Gasteiger charge is -2.36. The SMILES string of the molecule is CC(C)C[C@@H](c1cc(Cl)ccc1[N+](=O)[O-])N1CCNCC1.Cl.Cl. The zero-order chi connectivity index (χ0) is 15.4. The third kappa shape index (κ3) is 6.08. The van der Waals surface area contributed by atoms with Crippen molar-refractivity contribution in [2.75, 3.05) is 26.2 Å². The number of halogens is 3. The number of hydrogen-bond acceptors (Lipinski definition) is 4. The average Bonchev–Trinajstić information content (AvgIpc) is 2.45. The smallest absolute Gasteiger partial charge is 0.274 e. The number of nitro groups is 1. The van der Waals surface area contributed by atoms with Gasteiger partial charge in [0, 0.05) is 48.9 Å². The van der Waals surface area contributed by atoms with E-state index in [4.69, 9.17) is 11.6 Å². The van der Waals surface area contributed by atoms with Gasteiger partial charge in [-0.3, -0.25) is 15.0 Å². The third-order valence-corrected chi connectivity index (χ3v) is 4.07. The van der Waals surface area contributed by atoms with Crippen molar-refractivity contribution < 1.29 is 4.92 Å². The topological polar surface area (TPSA) is 58.4 Å². The molecule has 0 amide bonds. The van der Waals surface area contributed by atoms with Gasteiger partial charge in [-0.25, -0.2) is 0 Å². The van der Waals surface area contributed by atoms with Gasteiger partial charge in [-0.2, -0.15) is 0 Å². The van der Waals surface area contributed by atoms with Crippen LogP contribution in [0.2, 0.25) is 5.02 Å². The fraction of sp³-hybridized carbons (Fsp3) is 0.600. The van der Waals surface area contributed by atoms with E-state index in [0.29, 0.717) is 10.9 Å². The lowest BCUT2D eigenvalue weighted by Crippen LogP contribution is -2.45. The first-order valence-corrected chi connectivity index (χ1v) is 7.75. The summed E-state index contributed by atoms with van der Waals surface area (Å²) in [5.74, 6) is 0.462. The molecule has 23 heavy (non-hydrogen) atoms. The van der Waals surface area contributed by atoms with Crippen LogP contribution in [0.15, 0.2) is 18.2 Å². The zero-order valence-corrected chi connectivity index (χ0v) is 15.7. The van der Waals surface area contributed by atoms with E-state index in [9.17, 15) is 10.1 Å². The second kappa shape index (κ2) is 10.3. The van der Waals surface area contributed by atoms with Crippen LogP contribution in [-0.4, -0.2) is 36.0 Å². The molecule has 5 nitrogen and oxygen atoms in total. The van der Waals surface area contributed by atoms with Gasteiger partial charge in [0.2, 0.25) is 0 Å². The standard InChI is InChI=1S/C15H22ClN3O2.2ClH/c1-11(2)9-15(18-7-5-17-6-8-18)13-10-12(16)3-4-14(13)19(20)21;;/h3-4,10-11,15,17H,5-9H2,1-2H3;2*1H/t15-;;/m0../s1. The minimum Gasteiger partial charge on any atom is -0.314 e. The zero-order valence-electron chi connectivity index (χ0n) is 13.3. The average molecular weight is 385 g/mol. The Morgan fingerprint density at radius 1 is 1.30 bits per heavy atom. The summed E-state index contributed by atoms with van der Waals surface area (Å²) in [4.78, 5) is 13.4. The van der Waals surface area contributed by atoms with Crippen molar-refractivity contribution in [3.8, 4) is 0 Å². The molecule has 132 valence electrons. The highest BCUT2D eigenvalue weighted by molar-refractivity contribution is 6.30. The normalized spacial score (nSPS) is 16.3. The molecular formula is C15H24Cl3N3O2. The monoisotopic (exact) mass is 383 g/mol. The number of nitro benzene ring substituents is 1. The van der Waals surface area contributed by atoms with E-state index in [1.807, 2.05) is 0 Å². The molecule has 1 aliphatic rings. The van der Waals surface area contributed by atoms with Crippen LogP contribution in [0.5, 0.6) is 0 Å². The van der Waals surface area contributed by atoms with Gasteiger partial charge < -0.3 is 5.32 Å². The summed E-state index contributed by atoms with van der Waals surface area (Å²) < 4.78 is 0. The molecule has 1 saturated heterocycles. The Bertz CT molecular complexity index is 509. The third-order valence-electron chi connectivity index (χ3n) is 3.83. The van der Waals surface area contributed by atoms with Gasteiger partial charge in [0.1, 0.15) is 0 Å². The van der Waals surface area contributed by atoms with Crippen LogP contribution in [0, 0.1) is 16.0 Å². The van der Waals surface area contributed by atoms with Crippen molar-refractivity contribution in [1.82, 2.24) is 10.2 Å². The second-order valence-corrected chi connectivity index (χ2v) is 6.33. The summed E-state index contributed by atoms with van der Waals surface area (Å²) in [6.45, 7) is 7.94. The Morgan fingerprint density at radius 3 is 2.43 bits per heavy atom. The molecule has 0 bridgehead atoms. The van der Waals surface area contributed by atoms with Gasteiger partial charge in [0.15, 0.2) is 0 Å². The molecular weight excluding hydrogens is 361 g/mol. The van der Waals surface area contributed by atoms with Crippen molar-refractivity contribution in [1.29, 1.82) is 0 Å². The van der Waals surface area contributed by atoms with E-state index in [-0.39, 0.29) is 41.5 Å². The molecule has 1 fully saturated rings. The summed E-state index contributed by atoms with van der Waals surface area (Å²) in [6, 6.07) is 4.92. The van der Waals surface area contributed by atoms with Crippen LogP contribution in [0.25, 0.3) is 0 Å². The van der Waals surface area contributed by atoms with Crippen LogP contribution < -0.4 is 5.32 Å². The van der Waals surface area contributed by atoms with Crippen LogP contribution in [0.4, 0.5) is 5.69 Å². The predicted molar refractivity (Wildman–Crippen MR) is 99.2 cm³/mol. The van der Waals surface area contributed by atoms with Gasteiger partial charge >= 0.3 is 0 Å². The Hall–Kier alpha value is -0.590. The molecule has 0 aromatic heterocycles. The first kappa shape index (κ1) is 22.4. The van der Waals surface area contributed by atoms with Crippen molar-refractivity contribution in [3.05, 3.63) is 38.9 Å². The highest BCUT2D eigenvalue weighted by Crippen LogP contribution is 2.35. The van der Waals surface area contributed by atoms with Gasteiger partial charge in [0.25, 0.3) is 5.69 Å². The van der Waals surface area contributed by atoms with Crippen molar-refractivity contribution in [3.63, 3.8) is 0 Å². The lowest BCUT2D eigenvalue weighted by molar-refractivity contribution is -0.386. The number of benzene rings is 1. The fourth-order valence-electron chi connectivity index (χ4n) is 2.87. The molecule has 1 N–H and O–H groups in total. The maximum atomic E-state index is 11.3. The molecule has 0 spiro atoms. The summed E-state index contributed by atoms with van der Waals surface area (Å²) in [5, 5.41) is 15.2. The van der Waals surface area contributed by atoms with Crippen LogP contribution >= 0.6 is 36.4 Å². The Kier molecular flexibility index (Phi) is 10.0. The summed E-state index contributed by atoms with van der Waals surface area (Å²) in [5.41, 5.74) is 0.909. The maximum absolute atomic E-state index is 11.3. The number of rotatable bonds is 5. The lowest BCUT2D eigenvalue weighted by atomic mass is 9.94. The second-order valence-electron chi connectivity index (χ2n) is 5.89. The first-order chi connectivity index (χ1) is 9.99. The van der Waals surface area contributed by atoms with Gasteiger partial charge in [-0.15, -0.1) is 24.8 Å². The molecule has 1 heterocycles. The summed E-state index contributed by atoms with van der Waals surface area (Å²) >= 11 is 6.09. The molecule has 0 aliphatic carbocycles. The minimum absolute atomic E-state index is 0. The number of hydrogen-bond donors (Lipinski definition) is 1. The minimum atomic E-state index is -0.304.